The lowest BCUT2D eigenvalue weighted by Gasteiger charge is -2.03. The molecule has 0 radical (unpaired) electrons. The van der Waals surface area contributed by atoms with Crippen LogP contribution in [0.2, 0.25) is 5.02 Å². The van der Waals surface area contributed by atoms with Crippen LogP contribution in [-0.4, -0.2) is 0 Å². The van der Waals surface area contributed by atoms with Crippen molar-refractivity contribution in [3.8, 4) is 0 Å². The molecule has 0 spiro atoms. The van der Waals surface area contributed by atoms with Crippen molar-refractivity contribution in [1.82, 2.24) is 0 Å². The molecule has 0 aliphatic carbocycles. The highest BCUT2D eigenvalue weighted by Crippen LogP contribution is 2.31. The fourth-order valence-corrected chi connectivity index (χ4v) is 2.55. The second kappa shape index (κ2) is 2.75. The lowest BCUT2D eigenvalue weighted by atomic mass is 10.1. The predicted octanol–water partition coefficient (Wildman–Crippen LogP) is 4.17. The van der Waals surface area contributed by atoms with E-state index in [1.165, 1.54) is 21.2 Å². The molecule has 1 heterocycles. The highest BCUT2D eigenvalue weighted by molar-refractivity contribution is 7.17. The zero-order chi connectivity index (χ0) is 8.72. The number of hydrogen-bond acceptors (Lipinski definition) is 1. The van der Waals surface area contributed by atoms with Gasteiger partial charge in [-0.15, -0.1) is 11.3 Å². The first-order valence-corrected chi connectivity index (χ1v) is 5.09. The van der Waals surface area contributed by atoms with Gasteiger partial charge in [0.15, 0.2) is 0 Å². The molecule has 1 aromatic carbocycles. The van der Waals surface area contributed by atoms with Gasteiger partial charge in [-0.2, -0.15) is 0 Å². The summed E-state index contributed by atoms with van der Waals surface area (Å²) in [6, 6.07) is 4.20. The summed E-state index contributed by atoms with van der Waals surface area (Å²) in [5.74, 6) is 0. The van der Waals surface area contributed by atoms with E-state index in [2.05, 4.69) is 25.3 Å². The maximum atomic E-state index is 6.06. The Labute approximate surface area is 80.8 Å². The van der Waals surface area contributed by atoms with E-state index in [1.54, 1.807) is 11.3 Å². The van der Waals surface area contributed by atoms with Gasteiger partial charge in [0.05, 0.1) is 0 Å². The minimum Gasteiger partial charge on any atom is -0.144 e. The summed E-state index contributed by atoms with van der Waals surface area (Å²) in [5.41, 5.74) is 2.50. The van der Waals surface area contributed by atoms with Crippen LogP contribution in [0.4, 0.5) is 0 Å². The molecule has 12 heavy (non-hydrogen) atoms. The van der Waals surface area contributed by atoms with Crippen molar-refractivity contribution in [2.45, 2.75) is 13.8 Å². The summed E-state index contributed by atoms with van der Waals surface area (Å²) in [4.78, 5) is 0. The van der Waals surface area contributed by atoms with E-state index in [-0.39, 0.29) is 0 Å². The SMILES string of the molecule is Cc1c(Cl)cc2sccc2c1C. The summed E-state index contributed by atoms with van der Waals surface area (Å²) in [5, 5.41) is 4.32. The molecule has 0 saturated heterocycles. The molecular formula is C10H9ClS. The van der Waals surface area contributed by atoms with Crippen LogP contribution in [0.5, 0.6) is 0 Å². The van der Waals surface area contributed by atoms with Crippen molar-refractivity contribution in [3.63, 3.8) is 0 Å². The standard InChI is InChI=1S/C10H9ClS/c1-6-7(2)9(11)5-10-8(6)3-4-12-10/h3-5H,1-2H3. The third-order valence-electron chi connectivity index (χ3n) is 2.28. The van der Waals surface area contributed by atoms with E-state index in [0.29, 0.717) is 0 Å². The molecule has 62 valence electrons. The van der Waals surface area contributed by atoms with Crippen LogP contribution >= 0.6 is 22.9 Å². The van der Waals surface area contributed by atoms with Crippen molar-refractivity contribution in [3.05, 3.63) is 33.7 Å². The van der Waals surface area contributed by atoms with Gasteiger partial charge in [-0.05, 0) is 47.9 Å². The van der Waals surface area contributed by atoms with Crippen molar-refractivity contribution < 1.29 is 0 Å². The maximum Gasteiger partial charge on any atom is 0.0452 e. The lowest BCUT2D eigenvalue weighted by molar-refractivity contribution is 1.39. The van der Waals surface area contributed by atoms with Gasteiger partial charge in [-0.25, -0.2) is 0 Å². The zero-order valence-corrected chi connectivity index (χ0v) is 8.59. The first kappa shape index (κ1) is 8.09. The van der Waals surface area contributed by atoms with Crippen molar-refractivity contribution >= 4 is 33.0 Å². The molecule has 0 bridgehead atoms. The number of aryl methyl sites for hydroxylation is 1. The average molecular weight is 197 g/mol. The van der Waals surface area contributed by atoms with Crippen LogP contribution in [0.25, 0.3) is 10.1 Å². The van der Waals surface area contributed by atoms with Crippen molar-refractivity contribution in [2.24, 2.45) is 0 Å². The van der Waals surface area contributed by atoms with E-state index in [9.17, 15) is 0 Å². The smallest absolute Gasteiger partial charge is 0.0452 e. The third kappa shape index (κ3) is 1.05. The second-order valence-corrected chi connectivity index (χ2v) is 4.30. The first-order valence-electron chi connectivity index (χ1n) is 3.83. The van der Waals surface area contributed by atoms with Gasteiger partial charge >= 0.3 is 0 Å². The molecule has 2 rings (SSSR count). The van der Waals surface area contributed by atoms with Gasteiger partial charge in [-0.1, -0.05) is 11.6 Å². The highest BCUT2D eigenvalue weighted by atomic mass is 35.5. The molecular weight excluding hydrogens is 188 g/mol. The Kier molecular flexibility index (Phi) is 1.85. The normalized spacial score (nSPS) is 10.9. The number of fused-ring (bicyclic) bond motifs is 1. The van der Waals surface area contributed by atoms with Crippen molar-refractivity contribution in [1.29, 1.82) is 0 Å². The zero-order valence-electron chi connectivity index (χ0n) is 7.02. The Morgan fingerprint density at radius 3 is 2.75 bits per heavy atom. The quantitative estimate of drug-likeness (QED) is 0.593. The van der Waals surface area contributed by atoms with Crippen LogP contribution in [0.15, 0.2) is 17.5 Å². The monoisotopic (exact) mass is 196 g/mol. The predicted molar refractivity (Wildman–Crippen MR) is 56.3 cm³/mol. The first-order chi connectivity index (χ1) is 5.70. The van der Waals surface area contributed by atoms with E-state index >= 15 is 0 Å². The Balaban J connectivity index is 2.94. The topological polar surface area (TPSA) is 0 Å². The molecule has 0 nitrogen and oxygen atoms in total. The van der Waals surface area contributed by atoms with E-state index in [0.717, 1.165) is 5.02 Å². The maximum absolute atomic E-state index is 6.06. The van der Waals surface area contributed by atoms with Gasteiger partial charge in [0.2, 0.25) is 0 Å². The van der Waals surface area contributed by atoms with Crippen molar-refractivity contribution in [2.75, 3.05) is 0 Å². The van der Waals surface area contributed by atoms with Crippen LogP contribution in [0, 0.1) is 13.8 Å². The van der Waals surface area contributed by atoms with Crippen LogP contribution in [-0.2, 0) is 0 Å². The molecule has 0 fully saturated rings. The Bertz CT molecular complexity index is 429. The Morgan fingerprint density at radius 2 is 2.00 bits per heavy atom. The number of thiophene rings is 1. The van der Waals surface area contributed by atoms with Gasteiger partial charge in [-0.3, -0.25) is 0 Å². The molecule has 2 heteroatoms. The molecule has 1 aromatic heterocycles. The molecule has 0 aliphatic rings. The Morgan fingerprint density at radius 1 is 1.25 bits per heavy atom. The third-order valence-corrected chi connectivity index (χ3v) is 3.53. The van der Waals surface area contributed by atoms with Crippen LogP contribution < -0.4 is 0 Å². The lowest BCUT2D eigenvalue weighted by Crippen LogP contribution is -1.81. The van der Waals surface area contributed by atoms with Crippen LogP contribution in [0.1, 0.15) is 11.1 Å². The Hall–Kier alpha value is -0.530. The second-order valence-electron chi connectivity index (χ2n) is 2.94. The van der Waals surface area contributed by atoms with Gasteiger partial charge in [0.25, 0.3) is 0 Å². The van der Waals surface area contributed by atoms with Crippen LogP contribution in [0.3, 0.4) is 0 Å². The number of halogens is 1. The summed E-state index contributed by atoms with van der Waals surface area (Å²) >= 11 is 7.80. The summed E-state index contributed by atoms with van der Waals surface area (Å²) < 4.78 is 1.28. The molecule has 0 saturated carbocycles. The van der Waals surface area contributed by atoms with Gasteiger partial charge in [0, 0.05) is 9.72 Å². The number of benzene rings is 1. The molecule has 0 aliphatic heterocycles. The summed E-state index contributed by atoms with van der Waals surface area (Å²) in [6.45, 7) is 4.19. The fraction of sp³-hybridized carbons (Fsp3) is 0.200. The summed E-state index contributed by atoms with van der Waals surface area (Å²) in [6.07, 6.45) is 0. The molecule has 0 amide bonds. The summed E-state index contributed by atoms with van der Waals surface area (Å²) in [7, 11) is 0. The van der Waals surface area contributed by atoms with Gasteiger partial charge in [0.1, 0.15) is 0 Å². The minimum absolute atomic E-state index is 0.877. The minimum atomic E-state index is 0.877. The van der Waals surface area contributed by atoms with Gasteiger partial charge < -0.3 is 0 Å². The highest BCUT2D eigenvalue weighted by Gasteiger charge is 2.04. The number of hydrogen-bond donors (Lipinski definition) is 0. The molecule has 0 atom stereocenters. The molecule has 2 aromatic rings. The van der Waals surface area contributed by atoms with E-state index in [1.807, 2.05) is 6.07 Å². The molecule has 0 unspecified atom stereocenters. The average Bonchev–Trinajstić information content (AvgIpc) is 2.48. The fourth-order valence-electron chi connectivity index (χ4n) is 1.35. The number of rotatable bonds is 0. The largest absolute Gasteiger partial charge is 0.144 e. The molecule has 0 N–H and O–H groups in total. The van der Waals surface area contributed by atoms with E-state index in [4.69, 9.17) is 11.6 Å². The van der Waals surface area contributed by atoms with E-state index < -0.39 is 0 Å².